The topological polar surface area (TPSA) is 67.9 Å². The quantitative estimate of drug-likeness (QED) is 0.503. The van der Waals surface area contributed by atoms with Gasteiger partial charge in [0.05, 0.1) is 12.0 Å². The van der Waals surface area contributed by atoms with E-state index in [9.17, 15) is 9.59 Å². The Hall–Kier alpha value is -2.36. The molecule has 0 radical (unpaired) electrons. The maximum Gasteiger partial charge on any atom is 0.285 e. The summed E-state index contributed by atoms with van der Waals surface area (Å²) < 4.78 is 11.8. The third-order valence-electron chi connectivity index (χ3n) is 3.64. The molecule has 9 heteroatoms. The highest BCUT2D eigenvalue weighted by Crippen LogP contribution is 2.33. The van der Waals surface area contributed by atoms with E-state index in [1.54, 1.807) is 43.5 Å². The zero-order valence-electron chi connectivity index (χ0n) is 14.7. The van der Waals surface area contributed by atoms with Crippen LogP contribution in [0.15, 0.2) is 57.9 Å². The molecule has 0 aliphatic carbocycles. The molecule has 1 saturated heterocycles. The summed E-state index contributed by atoms with van der Waals surface area (Å²) in [5.41, 5.74) is 3.23. The van der Waals surface area contributed by atoms with Crippen molar-refractivity contribution in [2.75, 3.05) is 13.7 Å². The monoisotopic (exact) mass is 478 g/mol. The number of benzene rings is 2. The Kier molecular flexibility index (Phi) is 6.71. The first-order chi connectivity index (χ1) is 13.5. The lowest BCUT2D eigenvalue weighted by molar-refractivity contribution is -0.134. The van der Waals surface area contributed by atoms with E-state index in [1.165, 1.54) is 0 Å². The molecule has 1 heterocycles. The zero-order valence-corrected chi connectivity index (χ0v) is 17.9. The lowest BCUT2D eigenvalue weighted by Crippen LogP contribution is -2.46. The van der Waals surface area contributed by atoms with Crippen LogP contribution in [0, 0.1) is 0 Å². The van der Waals surface area contributed by atoms with E-state index in [-0.39, 0.29) is 10.9 Å². The predicted molar refractivity (Wildman–Crippen MR) is 116 cm³/mol. The summed E-state index contributed by atoms with van der Waals surface area (Å²) in [6.45, 7) is -0.246. The van der Waals surface area contributed by atoms with E-state index in [0.29, 0.717) is 16.4 Å². The highest BCUT2D eigenvalue weighted by atomic mass is 79.9. The molecule has 0 atom stereocenters. The van der Waals surface area contributed by atoms with Gasteiger partial charge in [-0.1, -0.05) is 45.9 Å². The molecule has 0 unspecified atom stereocenters. The minimum absolute atomic E-state index is 0.239. The second kappa shape index (κ2) is 9.22. The number of ether oxygens (including phenoxy) is 2. The summed E-state index contributed by atoms with van der Waals surface area (Å²) in [5.74, 6) is 0.287. The van der Waals surface area contributed by atoms with Crippen LogP contribution in [0.5, 0.6) is 11.5 Å². The van der Waals surface area contributed by atoms with Crippen molar-refractivity contribution in [1.82, 2.24) is 10.4 Å². The lowest BCUT2D eigenvalue weighted by atomic mass is 10.2. The lowest BCUT2D eigenvalue weighted by Gasteiger charge is -2.15. The largest absolute Gasteiger partial charge is 0.496 e. The fourth-order valence-electron chi connectivity index (χ4n) is 2.33. The molecule has 144 valence electrons. The molecule has 1 aliphatic rings. The summed E-state index contributed by atoms with van der Waals surface area (Å²) in [7, 11) is 1.56. The van der Waals surface area contributed by atoms with E-state index < -0.39 is 11.8 Å². The SMILES string of the molecule is COc1ccccc1C=C1SC(=S)N(NC(=O)COc2ccc(Br)cc2)C1=O. The Balaban J connectivity index is 1.64. The smallest absolute Gasteiger partial charge is 0.285 e. The molecule has 1 N–H and O–H groups in total. The zero-order chi connectivity index (χ0) is 20.1. The van der Waals surface area contributed by atoms with Gasteiger partial charge < -0.3 is 9.47 Å². The van der Waals surface area contributed by atoms with Crippen molar-refractivity contribution < 1.29 is 19.1 Å². The van der Waals surface area contributed by atoms with Gasteiger partial charge in [-0.25, -0.2) is 0 Å². The third-order valence-corrected chi connectivity index (χ3v) is 5.47. The Morgan fingerprint density at radius 1 is 1.25 bits per heavy atom. The fraction of sp³-hybridized carbons (Fsp3) is 0.105. The molecule has 2 amide bonds. The number of hydrogen-bond donors (Lipinski definition) is 1. The summed E-state index contributed by atoms with van der Waals surface area (Å²) in [6.07, 6.45) is 1.68. The van der Waals surface area contributed by atoms with Gasteiger partial charge in [0.25, 0.3) is 11.8 Å². The van der Waals surface area contributed by atoms with Gasteiger partial charge in [0, 0.05) is 10.0 Å². The normalized spacial score (nSPS) is 15.1. The first-order valence-corrected chi connectivity index (χ1v) is 10.1. The summed E-state index contributed by atoms with van der Waals surface area (Å²) in [5, 5.41) is 1.05. The van der Waals surface area contributed by atoms with Crippen LogP contribution in [-0.4, -0.2) is 34.9 Å². The first-order valence-electron chi connectivity index (χ1n) is 8.07. The Bertz CT molecular complexity index is 947. The van der Waals surface area contributed by atoms with Crippen molar-refractivity contribution in [1.29, 1.82) is 0 Å². The third kappa shape index (κ3) is 4.92. The molecule has 2 aromatic carbocycles. The number of nitrogens with one attached hydrogen (secondary N) is 1. The van der Waals surface area contributed by atoms with E-state index >= 15 is 0 Å². The molecule has 1 aliphatic heterocycles. The number of carbonyl (C=O) groups is 2. The molecule has 3 rings (SSSR count). The predicted octanol–water partition coefficient (Wildman–Crippen LogP) is 3.77. The van der Waals surface area contributed by atoms with Crippen molar-refractivity contribution in [2.45, 2.75) is 0 Å². The van der Waals surface area contributed by atoms with Crippen molar-refractivity contribution in [3.63, 3.8) is 0 Å². The number of rotatable bonds is 6. The van der Waals surface area contributed by atoms with Gasteiger partial charge in [0.15, 0.2) is 10.9 Å². The highest BCUT2D eigenvalue weighted by molar-refractivity contribution is 9.10. The van der Waals surface area contributed by atoms with E-state index in [4.69, 9.17) is 21.7 Å². The molecule has 0 saturated carbocycles. The van der Waals surface area contributed by atoms with Crippen LogP contribution in [0.3, 0.4) is 0 Å². The summed E-state index contributed by atoms with van der Waals surface area (Å²) in [6, 6.07) is 14.4. The number of para-hydroxylation sites is 1. The molecule has 0 bridgehead atoms. The minimum Gasteiger partial charge on any atom is -0.496 e. The van der Waals surface area contributed by atoms with Gasteiger partial charge in [0.1, 0.15) is 11.5 Å². The van der Waals surface area contributed by atoms with E-state index in [2.05, 4.69) is 21.4 Å². The number of carbonyl (C=O) groups excluding carboxylic acids is 2. The number of hydrazine groups is 1. The number of nitrogens with zero attached hydrogens (tertiary/aromatic N) is 1. The number of halogens is 1. The van der Waals surface area contributed by atoms with Crippen LogP contribution in [0.1, 0.15) is 5.56 Å². The maximum atomic E-state index is 12.6. The molecular weight excluding hydrogens is 464 g/mol. The summed E-state index contributed by atoms with van der Waals surface area (Å²) in [4.78, 5) is 25.2. The first kappa shape index (κ1) is 20.4. The molecule has 28 heavy (non-hydrogen) atoms. The summed E-state index contributed by atoms with van der Waals surface area (Å²) >= 11 is 9.65. The van der Waals surface area contributed by atoms with Gasteiger partial charge in [-0.3, -0.25) is 15.0 Å². The van der Waals surface area contributed by atoms with Gasteiger partial charge in [0.2, 0.25) is 0 Å². The molecular formula is C19H15BrN2O4S2. The highest BCUT2D eigenvalue weighted by Gasteiger charge is 2.33. The average Bonchev–Trinajstić information content (AvgIpc) is 2.95. The van der Waals surface area contributed by atoms with Crippen molar-refractivity contribution >= 4 is 62.1 Å². The van der Waals surface area contributed by atoms with Gasteiger partial charge in [-0.2, -0.15) is 5.01 Å². The maximum absolute atomic E-state index is 12.6. The van der Waals surface area contributed by atoms with Crippen molar-refractivity contribution in [3.05, 3.63) is 63.5 Å². The van der Waals surface area contributed by atoms with Crippen LogP contribution in [0.2, 0.25) is 0 Å². The van der Waals surface area contributed by atoms with E-state index in [0.717, 1.165) is 26.8 Å². The molecule has 0 aromatic heterocycles. The minimum atomic E-state index is -0.488. The number of hydrogen-bond acceptors (Lipinski definition) is 6. The van der Waals surface area contributed by atoms with Crippen LogP contribution in [-0.2, 0) is 9.59 Å². The number of amides is 2. The second-order valence-corrected chi connectivity index (χ2v) is 8.13. The van der Waals surface area contributed by atoms with Crippen LogP contribution in [0.25, 0.3) is 6.08 Å². The molecule has 2 aromatic rings. The van der Waals surface area contributed by atoms with Gasteiger partial charge in [-0.15, -0.1) is 0 Å². The van der Waals surface area contributed by atoms with Crippen LogP contribution < -0.4 is 14.9 Å². The van der Waals surface area contributed by atoms with Crippen molar-refractivity contribution in [3.8, 4) is 11.5 Å². The standard InChI is InChI=1S/C19H15BrN2O4S2/c1-25-15-5-3-2-4-12(15)10-16-18(24)22(19(27)28-16)21-17(23)11-26-14-8-6-13(20)7-9-14/h2-10H,11H2,1H3,(H,21,23). The second-order valence-electron chi connectivity index (χ2n) is 5.54. The average molecular weight is 479 g/mol. The number of methoxy groups -OCH3 is 1. The Morgan fingerprint density at radius 2 is 1.96 bits per heavy atom. The van der Waals surface area contributed by atoms with Crippen molar-refractivity contribution in [2.24, 2.45) is 0 Å². The Morgan fingerprint density at radius 3 is 2.68 bits per heavy atom. The molecule has 1 fully saturated rings. The fourth-order valence-corrected chi connectivity index (χ4v) is 3.76. The number of thiocarbonyl (C=S) groups is 1. The Labute approximate surface area is 180 Å². The van der Waals surface area contributed by atoms with Gasteiger partial charge >= 0.3 is 0 Å². The van der Waals surface area contributed by atoms with E-state index in [1.807, 2.05) is 18.2 Å². The van der Waals surface area contributed by atoms with Gasteiger partial charge in [-0.05, 0) is 48.6 Å². The number of thioether (sulfide) groups is 1. The van der Waals surface area contributed by atoms with Crippen LogP contribution >= 0.6 is 39.9 Å². The molecule has 6 nitrogen and oxygen atoms in total. The molecule has 0 spiro atoms. The van der Waals surface area contributed by atoms with Crippen LogP contribution in [0.4, 0.5) is 0 Å².